The number of aromatic nitrogens is 2. The van der Waals surface area contributed by atoms with Crippen molar-refractivity contribution in [3.05, 3.63) is 39.7 Å². The predicted octanol–water partition coefficient (Wildman–Crippen LogP) is 3.41. The molecule has 0 saturated heterocycles. The van der Waals surface area contributed by atoms with Crippen molar-refractivity contribution in [3.63, 3.8) is 0 Å². The van der Waals surface area contributed by atoms with Crippen LogP contribution in [0.5, 0.6) is 11.6 Å². The van der Waals surface area contributed by atoms with Crippen LogP contribution in [0.25, 0.3) is 0 Å². The van der Waals surface area contributed by atoms with Crippen LogP contribution in [0, 0.1) is 5.82 Å². The van der Waals surface area contributed by atoms with Crippen LogP contribution in [0.2, 0.25) is 5.15 Å². The molecule has 17 heavy (non-hydrogen) atoms. The van der Waals surface area contributed by atoms with E-state index in [9.17, 15) is 4.39 Å². The Morgan fingerprint density at radius 1 is 1.29 bits per heavy atom. The lowest BCUT2D eigenvalue weighted by atomic mass is 10.3. The molecule has 0 aliphatic carbocycles. The van der Waals surface area contributed by atoms with E-state index in [1.54, 1.807) is 6.07 Å². The lowest BCUT2D eigenvalue weighted by molar-refractivity contribution is 0.457. The Kier molecular flexibility index (Phi) is 3.44. The van der Waals surface area contributed by atoms with Crippen LogP contribution in [0.4, 0.5) is 10.3 Å². The Balaban J connectivity index is 2.28. The van der Waals surface area contributed by atoms with Crippen LogP contribution < -0.4 is 10.5 Å². The minimum absolute atomic E-state index is 0.00918. The molecular formula is C10H6BrClFN3O. The fraction of sp³-hybridized carbons (Fsp3) is 0. The van der Waals surface area contributed by atoms with Crippen molar-refractivity contribution in [1.82, 2.24) is 9.97 Å². The second kappa shape index (κ2) is 4.85. The molecule has 0 radical (unpaired) electrons. The fourth-order valence-electron chi connectivity index (χ4n) is 1.13. The summed E-state index contributed by atoms with van der Waals surface area (Å²) in [6.07, 6.45) is 0. The Bertz CT molecular complexity index is 547. The molecule has 0 bridgehead atoms. The predicted molar refractivity (Wildman–Crippen MR) is 65.6 cm³/mol. The Labute approximate surface area is 110 Å². The van der Waals surface area contributed by atoms with E-state index in [-0.39, 0.29) is 17.0 Å². The summed E-state index contributed by atoms with van der Waals surface area (Å²) in [4.78, 5) is 7.49. The molecule has 4 nitrogen and oxygen atoms in total. The zero-order chi connectivity index (χ0) is 12.4. The smallest absolute Gasteiger partial charge is 0.225 e. The van der Waals surface area contributed by atoms with Gasteiger partial charge in [0, 0.05) is 12.1 Å². The molecule has 1 aromatic carbocycles. The number of anilines is 1. The van der Waals surface area contributed by atoms with Crippen molar-refractivity contribution in [2.75, 3.05) is 5.73 Å². The summed E-state index contributed by atoms with van der Waals surface area (Å²) in [5.74, 6) is 0.00444. The molecule has 7 heteroatoms. The molecule has 0 amide bonds. The monoisotopic (exact) mass is 317 g/mol. The zero-order valence-electron chi connectivity index (χ0n) is 8.32. The van der Waals surface area contributed by atoms with Crippen molar-refractivity contribution in [2.24, 2.45) is 0 Å². The van der Waals surface area contributed by atoms with E-state index in [0.29, 0.717) is 10.2 Å². The first-order valence-electron chi connectivity index (χ1n) is 4.47. The molecule has 1 aromatic heterocycles. The number of benzene rings is 1. The number of nitrogens with two attached hydrogens (primary N) is 1. The molecule has 0 aliphatic heterocycles. The van der Waals surface area contributed by atoms with E-state index >= 15 is 0 Å². The third-order valence-corrected chi connectivity index (χ3v) is 2.64. The van der Waals surface area contributed by atoms with Crippen LogP contribution in [-0.2, 0) is 0 Å². The highest BCUT2D eigenvalue weighted by Crippen LogP contribution is 2.25. The van der Waals surface area contributed by atoms with Gasteiger partial charge in [0.15, 0.2) is 0 Å². The average Bonchev–Trinajstić information content (AvgIpc) is 2.22. The number of rotatable bonds is 2. The van der Waals surface area contributed by atoms with Gasteiger partial charge < -0.3 is 10.5 Å². The van der Waals surface area contributed by atoms with Gasteiger partial charge in [-0.15, -0.1) is 0 Å². The SMILES string of the molecule is Nc1nc(Cl)cc(Oc2ccc(Br)c(F)c2)n1. The van der Waals surface area contributed by atoms with Gasteiger partial charge in [-0.25, -0.2) is 9.37 Å². The standard InChI is InChI=1S/C10H6BrClFN3O/c11-6-2-1-5(3-7(6)13)17-9-4-8(12)15-10(14)16-9/h1-4H,(H2,14,15,16). The van der Waals surface area contributed by atoms with Crippen LogP contribution in [-0.4, -0.2) is 9.97 Å². The number of nitrogen functional groups attached to an aromatic ring is 1. The number of halogens is 3. The van der Waals surface area contributed by atoms with Gasteiger partial charge in [-0.1, -0.05) is 11.6 Å². The van der Waals surface area contributed by atoms with Gasteiger partial charge in [0.05, 0.1) is 4.47 Å². The summed E-state index contributed by atoms with van der Waals surface area (Å²) in [5, 5.41) is 0.157. The molecule has 1 heterocycles. The molecule has 0 atom stereocenters. The maximum absolute atomic E-state index is 13.2. The van der Waals surface area contributed by atoms with Crippen molar-refractivity contribution in [1.29, 1.82) is 0 Å². The van der Waals surface area contributed by atoms with E-state index in [2.05, 4.69) is 25.9 Å². The molecule has 0 aliphatic rings. The number of hydrogen-bond acceptors (Lipinski definition) is 4. The highest BCUT2D eigenvalue weighted by molar-refractivity contribution is 9.10. The van der Waals surface area contributed by atoms with Crippen LogP contribution in [0.15, 0.2) is 28.7 Å². The largest absolute Gasteiger partial charge is 0.439 e. The normalized spacial score (nSPS) is 10.3. The minimum atomic E-state index is -0.435. The first-order chi connectivity index (χ1) is 8.04. The second-order valence-electron chi connectivity index (χ2n) is 3.07. The van der Waals surface area contributed by atoms with Crippen LogP contribution in [0.1, 0.15) is 0 Å². The average molecular weight is 319 g/mol. The number of nitrogens with zero attached hydrogens (tertiary/aromatic N) is 2. The highest BCUT2D eigenvalue weighted by Gasteiger charge is 2.05. The van der Waals surface area contributed by atoms with Gasteiger partial charge in [0.2, 0.25) is 11.8 Å². The maximum Gasteiger partial charge on any atom is 0.225 e. The summed E-state index contributed by atoms with van der Waals surface area (Å²) in [6, 6.07) is 5.71. The van der Waals surface area contributed by atoms with Gasteiger partial charge in [-0.05, 0) is 28.1 Å². The summed E-state index contributed by atoms with van der Waals surface area (Å²) in [5.41, 5.74) is 5.40. The summed E-state index contributed by atoms with van der Waals surface area (Å²) < 4.78 is 18.9. The minimum Gasteiger partial charge on any atom is -0.439 e. The molecular weight excluding hydrogens is 312 g/mol. The summed E-state index contributed by atoms with van der Waals surface area (Å²) >= 11 is 8.72. The van der Waals surface area contributed by atoms with Gasteiger partial charge >= 0.3 is 0 Å². The van der Waals surface area contributed by atoms with Crippen LogP contribution >= 0.6 is 27.5 Å². The molecule has 0 spiro atoms. The van der Waals surface area contributed by atoms with E-state index in [4.69, 9.17) is 22.1 Å². The molecule has 2 aromatic rings. The van der Waals surface area contributed by atoms with Crippen LogP contribution in [0.3, 0.4) is 0 Å². The maximum atomic E-state index is 13.2. The lowest BCUT2D eigenvalue weighted by Crippen LogP contribution is -1.97. The van der Waals surface area contributed by atoms with Crippen molar-refractivity contribution in [3.8, 4) is 11.6 Å². The number of ether oxygens (including phenoxy) is 1. The van der Waals surface area contributed by atoms with Gasteiger partial charge in [-0.3, -0.25) is 0 Å². The Morgan fingerprint density at radius 3 is 2.71 bits per heavy atom. The van der Waals surface area contributed by atoms with E-state index < -0.39 is 5.82 Å². The first-order valence-corrected chi connectivity index (χ1v) is 5.64. The first kappa shape index (κ1) is 12.1. The molecule has 0 fully saturated rings. The molecule has 0 unspecified atom stereocenters. The molecule has 2 rings (SSSR count). The molecule has 88 valence electrons. The fourth-order valence-corrected chi connectivity index (χ4v) is 1.55. The Hall–Kier alpha value is -1.40. The van der Waals surface area contributed by atoms with E-state index in [0.717, 1.165) is 0 Å². The summed E-state index contributed by atoms with van der Waals surface area (Å²) in [7, 11) is 0. The lowest BCUT2D eigenvalue weighted by Gasteiger charge is -2.05. The second-order valence-corrected chi connectivity index (χ2v) is 4.31. The quantitative estimate of drug-likeness (QED) is 0.862. The number of hydrogen-bond donors (Lipinski definition) is 1. The molecule has 2 N–H and O–H groups in total. The van der Waals surface area contributed by atoms with Gasteiger partial charge in [-0.2, -0.15) is 4.98 Å². The summed E-state index contributed by atoms with van der Waals surface area (Å²) in [6.45, 7) is 0. The topological polar surface area (TPSA) is 61.0 Å². The third-order valence-electron chi connectivity index (χ3n) is 1.80. The van der Waals surface area contributed by atoms with E-state index in [1.165, 1.54) is 18.2 Å². The van der Waals surface area contributed by atoms with Gasteiger partial charge in [0.25, 0.3) is 0 Å². The van der Waals surface area contributed by atoms with Gasteiger partial charge in [0.1, 0.15) is 16.7 Å². The molecule has 0 saturated carbocycles. The third kappa shape index (κ3) is 3.04. The highest BCUT2D eigenvalue weighted by atomic mass is 79.9. The van der Waals surface area contributed by atoms with Crippen molar-refractivity contribution < 1.29 is 9.13 Å². The van der Waals surface area contributed by atoms with E-state index in [1.807, 2.05) is 0 Å². The zero-order valence-corrected chi connectivity index (χ0v) is 10.7. The van der Waals surface area contributed by atoms with Crippen molar-refractivity contribution >= 4 is 33.5 Å². The Morgan fingerprint density at radius 2 is 2.06 bits per heavy atom. The van der Waals surface area contributed by atoms with Crippen molar-refractivity contribution in [2.45, 2.75) is 0 Å².